The van der Waals surface area contributed by atoms with Gasteiger partial charge in [-0.25, -0.2) is 8.42 Å². The lowest BCUT2D eigenvalue weighted by Crippen LogP contribution is -2.41. The second kappa shape index (κ2) is 9.07. The molecule has 0 saturated carbocycles. The van der Waals surface area contributed by atoms with Crippen molar-refractivity contribution in [3.63, 3.8) is 0 Å². The maximum Gasteiger partial charge on any atom is 0.253 e. The van der Waals surface area contributed by atoms with Crippen molar-refractivity contribution in [3.05, 3.63) is 65.2 Å². The van der Waals surface area contributed by atoms with Crippen LogP contribution in [0.25, 0.3) is 0 Å². The van der Waals surface area contributed by atoms with Crippen molar-refractivity contribution in [1.29, 1.82) is 0 Å². The molecule has 0 fully saturated rings. The normalized spacial score (nSPS) is 16.0. The number of carbonyl (C=O) groups is 1. The zero-order chi connectivity index (χ0) is 21.0. The molecule has 0 radical (unpaired) electrons. The van der Waals surface area contributed by atoms with Gasteiger partial charge in [-0.2, -0.15) is 0 Å². The van der Waals surface area contributed by atoms with Crippen LogP contribution in [-0.4, -0.2) is 74.8 Å². The van der Waals surface area contributed by atoms with Gasteiger partial charge in [0, 0.05) is 45.0 Å². The lowest BCUT2D eigenvalue weighted by Gasteiger charge is -2.26. The first-order valence-corrected chi connectivity index (χ1v) is 11.7. The first-order chi connectivity index (χ1) is 13.7. The number of aliphatic hydroxyl groups excluding tert-OH is 1. The van der Waals surface area contributed by atoms with E-state index in [-0.39, 0.29) is 17.3 Å². The van der Waals surface area contributed by atoms with Gasteiger partial charge in [0.2, 0.25) is 0 Å². The maximum atomic E-state index is 12.6. The molecule has 156 valence electrons. The Morgan fingerprint density at radius 2 is 1.62 bits per heavy atom. The number of rotatable bonds is 6. The van der Waals surface area contributed by atoms with Crippen LogP contribution in [0.4, 0.5) is 0 Å². The number of fused-ring (bicyclic) bond motifs is 1. The zero-order valence-electron chi connectivity index (χ0n) is 16.9. The van der Waals surface area contributed by atoms with Crippen LogP contribution in [0, 0.1) is 0 Å². The topological polar surface area (TPSA) is 77.9 Å². The van der Waals surface area contributed by atoms with Crippen molar-refractivity contribution in [2.45, 2.75) is 23.8 Å². The monoisotopic (exact) mass is 416 g/mol. The molecule has 1 heterocycles. The molecule has 2 aromatic carbocycles. The molecule has 1 aliphatic heterocycles. The van der Waals surface area contributed by atoms with E-state index in [2.05, 4.69) is 29.2 Å². The highest BCUT2D eigenvalue weighted by molar-refractivity contribution is 7.90. The van der Waals surface area contributed by atoms with Crippen LogP contribution in [-0.2, 0) is 22.7 Å². The third-order valence-corrected chi connectivity index (χ3v) is 6.47. The highest BCUT2D eigenvalue weighted by Gasteiger charge is 2.20. The molecule has 1 atom stereocenters. The number of hydrogen-bond donors (Lipinski definition) is 1. The van der Waals surface area contributed by atoms with Crippen LogP contribution < -0.4 is 0 Å². The molecule has 1 amide bonds. The van der Waals surface area contributed by atoms with Crippen LogP contribution >= 0.6 is 0 Å². The maximum absolute atomic E-state index is 12.6. The molecule has 0 aliphatic carbocycles. The molecule has 2 aromatic rings. The number of carbonyl (C=O) groups excluding carboxylic acids is 1. The predicted molar refractivity (Wildman–Crippen MR) is 113 cm³/mol. The molecule has 1 N–H and O–H groups in total. The third-order valence-electron chi connectivity index (χ3n) is 5.34. The molecular weight excluding hydrogens is 388 g/mol. The number of amides is 1. The van der Waals surface area contributed by atoms with E-state index in [1.807, 2.05) is 0 Å². The molecule has 1 aliphatic rings. The molecule has 0 aromatic heterocycles. The SMILES string of the molecule is CN(C[C@@H](O)CN1CCc2ccccc2CC1)C(=O)c1ccc(S(C)(=O)=O)cc1. The minimum absolute atomic E-state index is 0.180. The second-order valence-corrected chi connectivity index (χ2v) is 9.72. The van der Waals surface area contributed by atoms with E-state index in [0.29, 0.717) is 12.1 Å². The van der Waals surface area contributed by atoms with Gasteiger partial charge in [0.1, 0.15) is 0 Å². The van der Waals surface area contributed by atoms with Gasteiger partial charge in [-0.3, -0.25) is 4.79 Å². The van der Waals surface area contributed by atoms with Gasteiger partial charge in [-0.15, -0.1) is 0 Å². The fraction of sp³-hybridized carbons (Fsp3) is 0.409. The Hall–Kier alpha value is -2.22. The van der Waals surface area contributed by atoms with Crippen molar-refractivity contribution in [2.24, 2.45) is 0 Å². The highest BCUT2D eigenvalue weighted by atomic mass is 32.2. The number of nitrogens with zero attached hydrogens (tertiary/aromatic N) is 2. The molecule has 0 bridgehead atoms. The lowest BCUT2D eigenvalue weighted by molar-refractivity contribution is 0.0592. The predicted octanol–water partition coefficient (Wildman–Crippen LogP) is 1.62. The van der Waals surface area contributed by atoms with Crippen LogP contribution in [0.15, 0.2) is 53.4 Å². The second-order valence-electron chi connectivity index (χ2n) is 7.71. The minimum atomic E-state index is -3.29. The molecule has 0 unspecified atom stereocenters. The third kappa shape index (κ3) is 5.65. The number of benzene rings is 2. The van der Waals surface area contributed by atoms with Gasteiger partial charge < -0.3 is 14.9 Å². The van der Waals surface area contributed by atoms with Crippen molar-refractivity contribution in [2.75, 3.05) is 39.5 Å². The van der Waals surface area contributed by atoms with Crippen molar-refractivity contribution in [1.82, 2.24) is 9.80 Å². The summed E-state index contributed by atoms with van der Waals surface area (Å²) in [5.41, 5.74) is 3.14. The van der Waals surface area contributed by atoms with Crippen LogP contribution in [0.1, 0.15) is 21.5 Å². The van der Waals surface area contributed by atoms with Gasteiger partial charge >= 0.3 is 0 Å². The van der Waals surface area contributed by atoms with E-state index in [1.165, 1.54) is 40.3 Å². The number of β-amino-alcohol motifs (C(OH)–C–C–N with tert-alkyl or cyclic N) is 1. The summed E-state index contributed by atoms with van der Waals surface area (Å²) in [6, 6.07) is 14.3. The Morgan fingerprint density at radius 1 is 1.07 bits per heavy atom. The molecule has 0 spiro atoms. The number of aliphatic hydroxyl groups is 1. The fourth-order valence-corrected chi connectivity index (χ4v) is 4.35. The van der Waals surface area contributed by atoms with Gasteiger partial charge in [0.15, 0.2) is 9.84 Å². The summed E-state index contributed by atoms with van der Waals surface area (Å²) in [5.74, 6) is -0.243. The quantitative estimate of drug-likeness (QED) is 0.774. The van der Waals surface area contributed by atoms with Gasteiger partial charge in [0.25, 0.3) is 5.91 Å². The Morgan fingerprint density at radius 3 is 2.14 bits per heavy atom. The van der Waals surface area contributed by atoms with E-state index in [9.17, 15) is 18.3 Å². The molecule has 7 heteroatoms. The minimum Gasteiger partial charge on any atom is -0.390 e. The van der Waals surface area contributed by atoms with Crippen LogP contribution in [0.2, 0.25) is 0 Å². The first kappa shape index (κ1) is 21.5. The summed E-state index contributed by atoms with van der Waals surface area (Å²) >= 11 is 0. The molecular formula is C22H28N2O4S. The summed E-state index contributed by atoms with van der Waals surface area (Å²) in [5, 5.41) is 10.5. The summed E-state index contributed by atoms with van der Waals surface area (Å²) in [6.07, 6.45) is 2.41. The summed E-state index contributed by atoms with van der Waals surface area (Å²) < 4.78 is 23.1. The standard InChI is InChI=1S/C22H28N2O4S/c1-23(22(26)19-7-9-21(10-8-19)29(2,27)28)15-20(25)16-24-13-11-17-5-3-4-6-18(17)12-14-24/h3-10,20,25H,11-16H2,1-2H3/t20-/m1/s1. The van der Waals surface area contributed by atoms with E-state index in [4.69, 9.17) is 0 Å². The Labute approximate surface area is 172 Å². The van der Waals surface area contributed by atoms with Crippen LogP contribution in [0.5, 0.6) is 0 Å². The van der Waals surface area contributed by atoms with Crippen molar-refractivity contribution < 1.29 is 18.3 Å². The van der Waals surface area contributed by atoms with Gasteiger partial charge in [-0.1, -0.05) is 24.3 Å². The number of likely N-dealkylation sites (N-methyl/N-ethyl adjacent to an activating group) is 1. The number of sulfone groups is 1. The zero-order valence-corrected chi connectivity index (χ0v) is 17.7. The lowest BCUT2D eigenvalue weighted by atomic mass is 10.0. The summed E-state index contributed by atoms with van der Waals surface area (Å²) in [7, 11) is -1.65. The smallest absolute Gasteiger partial charge is 0.253 e. The van der Waals surface area contributed by atoms with E-state index in [0.717, 1.165) is 32.2 Å². The van der Waals surface area contributed by atoms with Gasteiger partial charge in [0.05, 0.1) is 11.0 Å². The first-order valence-electron chi connectivity index (χ1n) is 9.77. The Kier molecular flexibility index (Phi) is 6.72. The average molecular weight is 417 g/mol. The van der Waals surface area contributed by atoms with Crippen molar-refractivity contribution in [3.8, 4) is 0 Å². The fourth-order valence-electron chi connectivity index (χ4n) is 3.72. The van der Waals surface area contributed by atoms with Gasteiger partial charge in [-0.05, 0) is 48.2 Å². The number of hydrogen-bond acceptors (Lipinski definition) is 5. The summed E-state index contributed by atoms with van der Waals surface area (Å²) in [4.78, 5) is 16.5. The molecule has 3 rings (SSSR count). The molecule has 0 saturated heterocycles. The molecule has 6 nitrogen and oxygen atoms in total. The average Bonchev–Trinajstić information content (AvgIpc) is 2.89. The Balaban J connectivity index is 1.53. The van der Waals surface area contributed by atoms with Crippen LogP contribution in [0.3, 0.4) is 0 Å². The van der Waals surface area contributed by atoms with E-state index < -0.39 is 15.9 Å². The largest absolute Gasteiger partial charge is 0.390 e. The highest BCUT2D eigenvalue weighted by Crippen LogP contribution is 2.16. The Bertz CT molecular complexity index is 930. The van der Waals surface area contributed by atoms with E-state index >= 15 is 0 Å². The molecule has 29 heavy (non-hydrogen) atoms. The summed E-state index contributed by atoms with van der Waals surface area (Å²) in [6.45, 7) is 2.51. The van der Waals surface area contributed by atoms with Crippen molar-refractivity contribution >= 4 is 15.7 Å². The van der Waals surface area contributed by atoms with E-state index in [1.54, 1.807) is 7.05 Å².